The number of ether oxygens (including phenoxy) is 1. The van der Waals surface area contributed by atoms with E-state index in [4.69, 9.17) is 4.74 Å². The van der Waals surface area contributed by atoms with Gasteiger partial charge < -0.3 is 4.74 Å². The van der Waals surface area contributed by atoms with Crippen molar-refractivity contribution in [2.45, 2.75) is 86.9 Å². The molecule has 0 bridgehead atoms. The van der Waals surface area contributed by atoms with Crippen molar-refractivity contribution in [3.63, 3.8) is 0 Å². The molecule has 0 N–H and O–H groups in total. The standard InChI is InChI=1S/C9H20O.2C2H6/c1-5-7-9(4)10-8(3)6-2;2*1-2/h8-9H,5-7H2,1-4H3;2*1-2H3. The van der Waals surface area contributed by atoms with Crippen molar-refractivity contribution in [3.8, 4) is 0 Å². The molecule has 0 aliphatic carbocycles. The van der Waals surface area contributed by atoms with Crippen LogP contribution in [0.3, 0.4) is 0 Å². The summed E-state index contributed by atoms with van der Waals surface area (Å²) in [5.74, 6) is 0. The molecule has 0 heterocycles. The van der Waals surface area contributed by atoms with Crippen LogP contribution in [0.5, 0.6) is 0 Å². The second-order valence-corrected chi connectivity index (χ2v) is 2.95. The number of hydrogen-bond acceptors (Lipinski definition) is 1. The van der Waals surface area contributed by atoms with Gasteiger partial charge in [0.2, 0.25) is 0 Å². The highest BCUT2D eigenvalue weighted by Crippen LogP contribution is 2.06. The summed E-state index contributed by atoms with van der Waals surface area (Å²) in [6.45, 7) is 16.6. The molecule has 0 aromatic heterocycles. The third-order valence-electron chi connectivity index (χ3n) is 1.73. The molecule has 2 unspecified atom stereocenters. The summed E-state index contributed by atoms with van der Waals surface area (Å²) >= 11 is 0. The molecule has 0 aromatic carbocycles. The van der Waals surface area contributed by atoms with Gasteiger partial charge in [0.05, 0.1) is 12.2 Å². The molecule has 0 spiro atoms. The monoisotopic (exact) mass is 204 g/mol. The van der Waals surface area contributed by atoms with Gasteiger partial charge in [-0.2, -0.15) is 0 Å². The van der Waals surface area contributed by atoms with Crippen LogP contribution in [0, 0.1) is 0 Å². The van der Waals surface area contributed by atoms with E-state index in [1.54, 1.807) is 0 Å². The highest BCUT2D eigenvalue weighted by Gasteiger charge is 2.04. The Morgan fingerprint density at radius 3 is 1.57 bits per heavy atom. The molecule has 0 saturated heterocycles. The van der Waals surface area contributed by atoms with Gasteiger partial charge in [-0.1, -0.05) is 48.0 Å². The van der Waals surface area contributed by atoms with Crippen molar-refractivity contribution in [3.05, 3.63) is 0 Å². The van der Waals surface area contributed by atoms with E-state index < -0.39 is 0 Å². The molecule has 0 saturated carbocycles. The van der Waals surface area contributed by atoms with Gasteiger partial charge in [0.1, 0.15) is 0 Å². The van der Waals surface area contributed by atoms with Crippen LogP contribution < -0.4 is 0 Å². The quantitative estimate of drug-likeness (QED) is 0.609. The van der Waals surface area contributed by atoms with E-state index in [-0.39, 0.29) is 0 Å². The summed E-state index contributed by atoms with van der Waals surface area (Å²) in [6, 6.07) is 0. The average Bonchev–Trinajstić information content (AvgIpc) is 2.24. The van der Waals surface area contributed by atoms with Crippen molar-refractivity contribution in [1.29, 1.82) is 0 Å². The van der Waals surface area contributed by atoms with Gasteiger partial charge in [0.25, 0.3) is 0 Å². The SMILES string of the molecule is CC.CC.CCCC(C)OC(C)CC. The molecule has 1 heteroatoms. The van der Waals surface area contributed by atoms with E-state index >= 15 is 0 Å². The van der Waals surface area contributed by atoms with Gasteiger partial charge in [-0.05, 0) is 26.7 Å². The molecule has 0 rings (SSSR count). The minimum atomic E-state index is 0.432. The van der Waals surface area contributed by atoms with Crippen LogP contribution in [0.15, 0.2) is 0 Å². The van der Waals surface area contributed by atoms with Crippen LogP contribution in [0.2, 0.25) is 0 Å². The lowest BCUT2D eigenvalue weighted by molar-refractivity contribution is 0.00228. The zero-order valence-electron chi connectivity index (χ0n) is 11.7. The summed E-state index contributed by atoms with van der Waals surface area (Å²) in [4.78, 5) is 0. The minimum Gasteiger partial charge on any atom is -0.376 e. The van der Waals surface area contributed by atoms with Gasteiger partial charge in [0, 0.05) is 0 Å². The van der Waals surface area contributed by atoms with Crippen molar-refractivity contribution >= 4 is 0 Å². The third-order valence-corrected chi connectivity index (χ3v) is 1.73. The molecule has 0 radical (unpaired) electrons. The van der Waals surface area contributed by atoms with E-state index in [2.05, 4.69) is 27.7 Å². The Morgan fingerprint density at radius 2 is 1.29 bits per heavy atom. The first-order chi connectivity index (χ1) is 6.70. The summed E-state index contributed by atoms with van der Waals surface area (Å²) < 4.78 is 5.64. The summed E-state index contributed by atoms with van der Waals surface area (Å²) in [6.07, 6.45) is 4.40. The Bertz CT molecular complexity index is 71.6. The molecular weight excluding hydrogens is 172 g/mol. The van der Waals surface area contributed by atoms with Crippen molar-refractivity contribution in [1.82, 2.24) is 0 Å². The van der Waals surface area contributed by atoms with Crippen LogP contribution in [0.25, 0.3) is 0 Å². The predicted octanol–water partition coefficient (Wildman–Crippen LogP) is 5.04. The first kappa shape index (κ1) is 19.5. The van der Waals surface area contributed by atoms with Crippen molar-refractivity contribution in [2.75, 3.05) is 0 Å². The summed E-state index contributed by atoms with van der Waals surface area (Å²) in [5.41, 5.74) is 0. The van der Waals surface area contributed by atoms with Gasteiger partial charge in [-0.25, -0.2) is 0 Å². The van der Waals surface area contributed by atoms with Gasteiger partial charge in [-0.3, -0.25) is 0 Å². The maximum Gasteiger partial charge on any atom is 0.0550 e. The first-order valence-electron chi connectivity index (χ1n) is 6.36. The molecule has 1 nitrogen and oxygen atoms in total. The summed E-state index contributed by atoms with van der Waals surface area (Å²) in [7, 11) is 0. The van der Waals surface area contributed by atoms with Crippen LogP contribution in [0.1, 0.15) is 74.7 Å². The average molecular weight is 204 g/mol. The smallest absolute Gasteiger partial charge is 0.0550 e. The Morgan fingerprint density at radius 1 is 0.857 bits per heavy atom. The van der Waals surface area contributed by atoms with E-state index in [1.807, 2.05) is 27.7 Å². The van der Waals surface area contributed by atoms with Crippen LogP contribution in [0.4, 0.5) is 0 Å². The van der Waals surface area contributed by atoms with Crippen LogP contribution >= 0.6 is 0 Å². The molecule has 0 aliphatic rings. The topological polar surface area (TPSA) is 9.23 Å². The molecule has 2 atom stereocenters. The highest BCUT2D eigenvalue weighted by atomic mass is 16.5. The van der Waals surface area contributed by atoms with E-state index in [0.717, 1.165) is 6.42 Å². The second kappa shape index (κ2) is 18.7. The molecule has 90 valence electrons. The van der Waals surface area contributed by atoms with Gasteiger partial charge >= 0.3 is 0 Å². The predicted molar refractivity (Wildman–Crippen MR) is 67.9 cm³/mol. The molecule has 0 aliphatic heterocycles. The van der Waals surface area contributed by atoms with Crippen molar-refractivity contribution in [2.24, 2.45) is 0 Å². The van der Waals surface area contributed by atoms with Crippen LogP contribution in [-0.2, 0) is 4.74 Å². The largest absolute Gasteiger partial charge is 0.376 e. The lowest BCUT2D eigenvalue weighted by atomic mass is 10.2. The maximum atomic E-state index is 5.64. The normalized spacial score (nSPS) is 12.9. The van der Waals surface area contributed by atoms with E-state index in [1.165, 1.54) is 12.8 Å². The lowest BCUT2D eigenvalue weighted by Crippen LogP contribution is -2.15. The third kappa shape index (κ3) is 17.9. The molecule has 0 amide bonds. The highest BCUT2D eigenvalue weighted by molar-refractivity contribution is 4.52. The van der Waals surface area contributed by atoms with Crippen LogP contribution in [-0.4, -0.2) is 12.2 Å². The lowest BCUT2D eigenvalue weighted by Gasteiger charge is -2.16. The Labute approximate surface area is 92.2 Å². The zero-order valence-corrected chi connectivity index (χ0v) is 11.7. The molecule has 0 fully saturated rings. The number of rotatable bonds is 5. The second-order valence-electron chi connectivity index (χ2n) is 2.95. The summed E-state index contributed by atoms with van der Waals surface area (Å²) in [5, 5.41) is 0. The Kier molecular flexibility index (Phi) is 26.1. The fourth-order valence-corrected chi connectivity index (χ4v) is 0.967. The van der Waals surface area contributed by atoms with Crippen molar-refractivity contribution < 1.29 is 4.74 Å². The maximum absolute atomic E-state index is 5.64. The fourth-order valence-electron chi connectivity index (χ4n) is 0.967. The molecule has 14 heavy (non-hydrogen) atoms. The number of hydrogen-bond donors (Lipinski definition) is 0. The Balaban J connectivity index is -0.000000266. The van der Waals surface area contributed by atoms with E-state index in [0.29, 0.717) is 12.2 Å². The van der Waals surface area contributed by atoms with Gasteiger partial charge in [0.15, 0.2) is 0 Å². The first-order valence-corrected chi connectivity index (χ1v) is 6.36. The van der Waals surface area contributed by atoms with Gasteiger partial charge in [-0.15, -0.1) is 0 Å². The molecule has 0 aromatic rings. The zero-order chi connectivity index (χ0) is 12.0. The minimum absolute atomic E-state index is 0.432. The fraction of sp³-hybridized carbons (Fsp3) is 1.00. The van der Waals surface area contributed by atoms with E-state index in [9.17, 15) is 0 Å². The molecular formula is C13H32O. The Hall–Kier alpha value is -0.0400.